The fraction of sp³-hybridized carbons (Fsp3) is 0.286. The molecule has 1 amide bonds. The summed E-state index contributed by atoms with van der Waals surface area (Å²) in [6.07, 6.45) is 0.869. The largest absolute Gasteiger partial charge is 0.497 e. The van der Waals surface area contributed by atoms with Crippen LogP contribution in [0.1, 0.15) is 30.3 Å². The number of halogens is 2. The second-order valence-electron chi connectivity index (χ2n) is 6.87. The molecule has 7 nitrogen and oxygen atoms in total. The molecular formula is C21H19BrFN3O4. The number of rotatable bonds is 6. The van der Waals surface area contributed by atoms with Gasteiger partial charge in [0.1, 0.15) is 23.4 Å². The van der Waals surface area contributed by atoms with Crippen LogP contribution in [-0.2, 0) is 11.3 Å². The molecule has 2 aromatic carbocycles. The maximum absolute atomic E-state index is 14.3. The van der Waals surface area contributed by atoms with Crippen molar-refractivity contribution in [1.82, 2.24) is 15.0 Å². The minimum absolute atomic E-state index is 0.0786. The summed E-state index contributed by atoms with van der Waals surface area (Å²) in [6, 6.07) is 9.66. The first kappa shape index (κ1) is 20.3. The van der Waals surface area contributed by atoms with Crippen molar-refractivity contribution in [3.8, 4) is 22.9 Å². The summed E-state index contributed by atoms with van der Waals surface area (Å²) in [5, 5.41) is 4.06. The maximum Gasteiger partial charge on any atom is 0.249 e. The van der Waals surface area contributed by atoms with E-state index >= 15 is 0 Å². The molecule has 0 spiro atoms. The molecule has 0 aliphatic carbocycles. The Morgan fingerprint density at radius 1 is 1.20 bits per heavy atom. The molecule has 1 saturated heterocycles. The van der Waals surface area contributed by atoms with Crippen molar-refractivity contribution < 1.29 is 23.2 Å². The van der Waals surface area contributed by atoms with Crippen LogP contribution in [0.5, 0.6) is 11.5 Å². The van der Waals surface area contributed by atoms with Gasteiger partial charge >= 0.3 is 0 Å². The molecule has 1 aromatic heterocycles. The molecule has 9 heteroatoms. The summed E-state index contributed by atoms with van der Waals surface area (Å²) in [4.78, 5) is 18.5. The maximum atomic E-state index is 14.3. The van der Waals surface area contributed by atoms with Crippen molar-refractivity contribution in [3.05, 3.63) is 58.1 Å². The van der Waals surface area contributed by atoms with Gasteiger partial charge in [-0.1, -0.05) is 27.2 Å². The number of carbonyl (C=O) groups is 1. The highest BCUT2D eigenvalue weighted by molar-refractivity contribution is 9.10. The van der Waals surface area contributed by atoms with E-state index in [2.05, 4.69) is 26.1 Å². The van der Waals surface area contributed by atoms with Crippen LogP contribution in [0, 0.1) is 5.82 Å². The number of likely N-dealkylation sites (tertiary alicyclic amines) is 1. The third-order valence-electron chi connectivity index (χ3n) is 5.02. The van der Waals surface area contributed by atoms with Crippen molar-refractivity contribution in [3.63, 3.8) is 0 Å². The zero-order chi connectivity index (χ0) is 21.3. The summed E-state index contributed by atoms with van der Waals surface area (Å²) in [7, 11) is 3.12. The average molecular weight is 476 g/mol. The Bertz CT molecular complexity index is 1070. The molecule has 0 radical (unpaired) electrons. The Labute approximate surface area is 180 Å². The smallest absolute Gasteiger partial charge is 0.249 e. The molecule has 0 N–H and O–H groups in total. The normalized spacial score (nSPS) is 16.2. The highest BCUT2D eigenvalue weighted by Gasteiger charge is 2.36. The quantitative estimate of drug-likeness (QED) is 0.521. The zero-order valence-electron chi connectivity index (χ0n) is 16.4. The van der Waals surface area contributed by atoms with Crippen LogP contribution in [0.4, 0.5) is 4.39 Å². The van der Waals surface area contributed by atoms with E-state index in [4.69, 9.17) is 14.0 Å². The third-order valence-corrected chi connectivity index (χ3v) is 5.51. The van der Waals surface area contributed by atoms with Gasteiger partial charge in [0.15, 0.2) is 0 Å². The van der Waals surface area contributed by atoms with Gasteiger partial charge in [0, 0.05) is 34.6 Å². The molecule has 0 bridgehead atoms. The molecular weight excluding hydrogens is 457 g/mol. The first-order valence-electron chi connectivity index (χ1n) is 9.29. The second kappa shape index (κ2) is 8.43. The number of carbonyl (C=O) groups excluding carboxylic acids is 1. The summed E-state index contributed by atoms with van der Waals surface area (Å²) >= 11 is 3.24. The van der Waals surface area contributed by atoms with Crippen LogP contribution >= 0.6 is 15.9 Å². The number of amides is 1. The molecule has 1 aliphatic heterocycles. The van der Waals surface area contributed by atoms with E-state index < -0.39 is 6.04 Å². The van der Waals surface area contributed by atoms with Gasteiger partial charge in [-0.3, -0.25) is 4.79 Å². The van der Waals surface area contributed by atoms with Gasteiger partial charge in [-0.2, -0.15) is 4.98 Å². The fourth-order valence-electron chi connectivity index (χ4n) is 3.45. The number of methoxy groups -OCH3 is 2. The van der Waals surface area contributed by atoms with E-state index in [0.29, 0.717) is 51.7 Å². The summed E-state index contributed by atoms with van der Waals surface area (Å²) in [5.41, 5.74) is 1.09. The molecule has 2 heterocycles. The van der Waals surface area contributed by atoms with Gasteiger partial charge in [-0.25, -0.2) is 4.39 Å². The van der Waals surface area contributed by atoms with E-state index in [1.165, 1.54) is 6.07 Å². The predicted molar refractivity (Wildman–Crippen MR) is 109 cm³/mol. The van der Waals surface area contributed by atoms with Crippen LogP contribution in [0.25, 0.3) is 11.4 Å². The lowest BCUT2D eigenvalue weighted by Gasteiger charge is -2.22. The van der Waals surface area contributed by atoms with E-state index in [0.717, 1.165) is 0 Å². The van der Waals surface area contributed by atoms with Crippen molar-refractivity contribution in [1.29, 1.82) is 0 Å². The zero-order valence-corrected chi connectivity index (χ0v) is 18.0. The number of hydrogen-bond donors (Lipinski definition) is 0. The summed E-state index contributed by atoms with van der Waals surface area (Å²) in [5.74, 6) is 1.41. The molecule has 156 valence electrons. The minimum Gasteiger partial charge on any atom is -0.497 e. The van der Waals surface area contributed by atoms with Gasteiger partial charge in [0.25, 0.3) is 0 Å². The standard InChI is InChI=1S/C21H19BrFN3O4/c1-28-15-7-13(8-16(10-15)29-2)20-24-21(30-25-20)18-5-6-19(27)26(18)11-12-3-4-14(22)9-17(12)23/h3-4,7-10,18H,5-6,11H2,1-2H3. The highest BCUT2D eigenvalue weighted by Crippen LogP contribution is 2.35. The lowest BCUT2D eigenvalue weighted by Crippen LogP contribution is -2.27. The molecule has 0 saturated carbocycles. The third kappa shape index (κ3) is 4.02. The van der Waals surface area contributed by atoms with Crippen molar-refractivity contribution >= 4 is 21.8 Å². The van der Waals surface area contributed by atoms with Crippen LogP contribution < -0.4 is 9.47 Å². The van der Waals surface area contributed by atoms with Gasteiger partial charge < -0.3 is 18.9 Å². The van der Waals surface area contributed by atoms with Crippen molar-refractivity contribution in [2.75, 3.05) is 14.2 Å². The molecule has 1 fully saturated rings. The Hall–Kier alpha value is -2.94. The Kier molecular flexibility index (Phi) is 5.72. The van der Waals surface area contributed by atoms with Gasteiger partial charge in [-0.05, 0) is 30.7 Å². The Morgan fingerprint density at radius 2 is 1.93 bits per heavy atom. The van der Waals surface area contributed by atoms with Crippen LogP contribution in [0.3, 0.4) is 0 Å². The number of aromatic nitrogens is 2. The highest BCUT2D eigenvalue weighted by atomic mass is 79.9. The summed E-state index contributed by atoms with van der Waals surface area (Å²) in [6.45, 7) is 0.132. The monoisotopic (exact) mass is 475 g/mol. The number of ether oxygens (including phenoxy) is 2. The van der Waals surface area contributed by atoms with E-state index in [1.807, 2.05) is 0 Å². The molecule has 1 unspecified atom stereocenters. The van der Waals surface area contributed by atoms with Gasteiger partial charge in [-0.15, -0.1) is 0 Å². The average Bonchev–Trinajstić information content (AvgIpc) is 3.37. The first-order valence-corrected chi connectivity index (χ1v) is 10.1. The molecule has 1 aliphatic rings. The number of benzene rings is 2. The van der Waals surface area contributed by atoms with Crippen LogP contribution in [0.2, 0.25) is 0 Å². The van der Waals surface area contributed by atoms with E-state index in [9.17, 15) is 9.18 Å². The molecule has 30 heavy (non-hydrogen) atoms. The number of nitrogens with zero attached hydrogens (tertiary/aromatic N) is 3. The molecule has 4 rings (SSSR count). The SMILES string of the molecule is COc1cc(OC)cc(-c2noc(C3CCC(=O)N3Cc3ccc(Br)cc3F)n2)c1. The van der Waals surface area contributed by atoms with Crippen LogP contribution in [0.15, 0.2) is 45.4 Å². The minimum atomic E-state index is -0.408. The van der Waals surface area contributed by atoms with E-state index in [-0.39, 0.29) is 18.3 Å². The summed E-state index contributed by atoms with van der Waals surface area (Å²) < 4.78 is 31.0. The van der Waals surface area contributed by atoms with E-state index in [1.54, 1.807) is 49.5 Å². The Balaban J connectivity index is 1.61. The fourth-order valence-corrected chi connectivity index (χ4v) is 3.78. The first-order chi connectivity index (χ1) is 14.5. The van der Waals surface area contributed by atoms with Crippen LogP contribution in [-0.4, -0.2) is 35.2 Å². The predicted octanol–water partition coefficient (Wildman–Crippen LogP) is 4.52. The lowest BCUT2D eigenvalue weighted by atomic mass is 10.1. The lowest BCUT2D eigenvalue weighted by molar-refractivity contribution is -0.130. The van der Waals surface area contributed by atoms with Gasteiger partial charge in [0.2, 0.25) is 17.6 Å². The molecule has 3 aromatic rings. The van der Waals surface area contributed by atoms with Crippen molar-refractivity contribution in [2.45, 2.75) is 25.4 Å². The topological polar surface area (TPSA) is 77.7 Å². The molecule has 1 atom stereocenters. The van der Waals surface area contributed by atoms with Crippen molar-refractivity contribution in [2.24, 2.45) is 0 Å². The van der Waals surface area contributed by atoms with Gasteiger partial charge in [0.05, 0.1) is 14.2 Å². The Morgan fingerprint density at radius 3 is 2.60 bits per heavy atom. The second-order valence-corrected chi connectivity index (χ2v) is 7.79. The number of hydrogen-bond acceptors (Lipinski definition) is 6.